The standard InChI is InChI=1S/C11H20N2S/c1-4-10(5-2)6-12-7-11-13-9(3)8-14-11/h8,10,12H,4-7H2,1-3H3. The van der Waals surface area contributed by atoms with Crippen molar-refractivity contribution in [3.8, 4) is 0 Å². The number of aromatic nitrogens is 1. The van der Waals surface area contributed by atoms with E-state index in [2.05, 4.69) is 29.5 Å². The monoisotopic (exact) mass is 212 g/mol. The second-order valence-electron chi connectivity index (χ2n) is 3.70. The summed E-state index contributed by atoms with van der Waals surface area (Å²) in [5.74, 6) is 0.816. The van der Waals surface area contributed by atoms with Crippen molar-refractivity contribution in [2.24, 2.45) is 5.92 Å². The van der Waals surface area contributed by atoms with E-state index in [4.69, 9.17) is 0 Å². The first-order valence-corrected chi connectivity index (χ1v) is 6.25. The molecule has 1 aromatic rings. The van der Waals surface area contributed by atoms with Crippen LogP contribution in [-0.4, -0.2) is 11.5 Å². The van der Waals surface area contributed by atoms with Gasteiger partial charge in [0.1, 0.15) is 5.01 Å². The lowest BCUT2D eigenvalue weighted by atomic mass is 10.0. The van der Waals surface area contributed by atoms with Crippen LogP contribution in [0.3, 0.4) is 0 Å². The van der Waals surface area contributed by atoms with Gasteiger partial charge in [-0.2, -0.15) is 0 Å². The Morgan fingerprint density at radius 3 is 2.64 bits per heavy atom. The molecule has 2 nitrogen and oxygen atoms in total. The quantitative estimate of drug-likeness (QED) is 0.784. The van der Waals surface area contributed by atoms with Gasteiger partial charge in [-0.3, -0.25) is 0 Å². The molecule has 1 N–H and O–H groups in total. The molecule has 0 spiro atoms. The highest BCUT2D eigenvalue weighted by atomic mass is 32.1. The van der Waals surface area contributed by atoms with Crippen molar-refractivity contribution >= 4 is 11.3 Å². The number of hydrogen-bond acceptors (Lipinski definition) is 3. The summed E-state index contributed by atoms with van der Waals surface area (Å²) in [5.41, 5.74) is 1.13. The fourth-order valence-corrected chi connectivity index (χ4v) is 2.19. The van der Waals surface area contributed by atoms with Crippen LogP contribution in [0.5, 0.6) is 0 Å². The average Bonchev–Trinajstić information content (AvgIpc) is 2.59. The van der Waals surface area contributed by atoms with Crippen molar-refractivity contribution in [2.45, 2.75) is 40.2 Å². The third-order valence-electron chi connectivity index (χ3n) is 2.53. The summed E-state index contributed by atoms with van der Waals surface area (Å²) in [6.45, 7) is 8.59. The molecular formula is C11H20N2S. The molecule has 0 aliphatic heterocycles. The Labute approximate surface area is 90.8 Å². The van der Waals surface area contributed by atoms with Crippen LogP contribution in [-0.2, 0) is 6.54 Å². The van der Waals surface area contributed by atoms with Gasteiger partial charge in [0, 0.05) is 17.6 Å². The van der Waals surface area contributed by atoms with Crippen LogP contribution in [0.25, 0.3) is 0 Å². The van der Waals surface area contributed by atoms with Crippen LogP contribution in [0.4, 0.5) is 0 Å². The molecule has 0 saturated heterocycles. The zero-order chi connectivity index (χ0) is 10.4. The van der Waals surface area contributed by atoms with E-state index < -0.39 is 0 Å². The second-order valence-corrected chi connectivity index (χ2v) is 4.64. The van der Waals surface area contributed by atoms with Gasteiger partial charge in [-0.25, -0.2) is 4.98 Å². The maximum Gasteiger partial charge on any atom is 0.107 e. The van der Waals surface area contributed by atoms with Crippen molar-refractivity contribution in [1.29, 1.82) is 0 Å². The van der Waals surface area contributed by atoms with Crippen LogP contribution in [0, 0.1) is 12.8 Å². The Bertz CT molecular complexity index is 254. The lowest BCUT2D eigenvalue weighted by molar-refractivity contribution is 0.449. The molecule has 1 aromatic heterocycles. The van der Waals surface area contributed by atoms with Gasteiger partial charge in [-0.1, -0.05) is 26.7 Å². The fourth-order valence-electron chi connectivity index (χ4n) is 1.44. The third-order valence-corrected chi connectivity index (χ3v) is 3.50. The minimum absolute atomic E-state index is 0.816. The van der Waals surface area contributed by atoms with E-state index in [1.165, 1.54) is 17.8 Å². The summed E-state index contributed by atoms with van der Waals surface area (Å²) in [7, 11) is 0. The van der Waals surface area contributed by atoms with Crippen molar-refractivity contribution in [1.82, 2.24) is 10.3 Å². The lowest BCUT2D eigenvalue weighted by Crippen LogP contribution is -2.21. The molecule has 1 heterocycles. The van der Waals surface area contributed by atoms with Crippen molar-refractivity contribution in [3.63, 3.8) is 0 Å². The highest BCUT2D eigenvalue weighted by Gasteiger charge is 2.03. The molecule has 0 aliphatic carbocycles. The van der Waals surface area contributed by atoms with Gasteiger partial charge < -0.3 is 5.32 Å². The summed E-state index contributed by atoms with van der Waals surface area (Å²) >= 11 is 1.74. The minimum Gasteiger partial charge on any atom is -0.310 e. The normalized spacial score (nSPS) is 11.1. The van der Waals surface area contributed by atoms with Crippen molar-refractivity contribution in [2.75, 3.05) is 6.54 Å². The molecule has 0 bridgehead atoms. The van der Waals surface area contributed by atoms with E-state index in [9.17, 15) is 0 Å². The Kier molecular flexibility index (Phi) is 5.12. The predicted molar refractivity (Wildman–Crippen MR) is 62.6 cm³/mol. The predicted octanol–water partition coefficient (Wildman–Crippen LogP) is 2.98. The third kappa shape index (κ3) is 3.76. The van der Waals surface area contributed by atoms with E-state index in [1.54, 1.807) is 11.3 Å². The fraction of sp³-hybridized carbons (Fsp3) is 0.727. The van der Waals surface area contributed by atoms with Crippen LogP contribution in [0.15, 0.2) is 5.38 Å². The van der Waals surface area contributed by atoms with Crippen LogP contribution < -0.4 is 5.32 Å². The molecule has 0 amide bonds. The topological polar surface area (TPSA) is 24.9 Å². The molecule has 0 unspecified atom stereocenters. The number of aryl methyl sites for hydroxylation is 1. The first-order valence-electron chi connectivity index (χ1n) is 5.38. The van der Waals surface area contributed by atoms with E-state index in [0.717, 1.165) is 24.7 Å². The van der Waals surface area contributed by atoms with Crippen molar-refractivity contribution < 1.29 is 0 Å². The van der Waals surface area contributed by atoms with E-state index >= 15 is 0 Å². The molecule has 0 aromatic carbocycles. The summed E-state index contributed by atoms with van der Waals surface area (Å²) < 4.78 is 0. The molecule has 14 heavy (non-hydrogen) atoms. The molecule has 0 aliphatic rings. The highest BCUT2D eigenvalue weighted by Crippen LogP contribution is 2.09. The smallest absolute Gasteiger partial charge is 0.107 e. The highest BCUT2D eigenvalue weighted by molar-refractivity contribution is 7.09. The summed E-state index contributed by atoms with van der Waals surface area (Å²) in [6.07, 6.45) is 2.53. The van der Waals surface area contributed by atoms with Gasteiger partial charge in [0.15, 0.2) is 0 Å². The van der Waals surface area contributed by atoms with E-state index in [1.807, 2.05) is 6.92 Å². The molecule has 0 atom stereocenters. The van der Waals surface area contributed by atoms with E-state index in [0.29, 0.717) is 0 Å². The van der Waals surface area contributed by atoms with Gasteiger partial charge in [0.2, 0.25) is 0 Å². The molecule has 0 radical (unpaired) electrons. The molecule has 0 fully saturated rings. The zero-order valence-corrected chi connectivity index (χ0v) is 10.2. The molecule has 1 rings (SSSR count). The molecule has 80 valence electrons. The Balaban J connectivity index is 2.21. The molecular weight excluding hydrogens is 192 g/mol. The first kappa shape index (κ1) is 11.7. The Morgan fingerprint density at radius 2 is 2.14 bits per heavy atom. The maximum atomic E-state index is 4.42. The van der Waals surface area contributed by atoms with Gasteiger partial charge in [-0.05, 0) is 19.4 Å². The maximum absolute atomic E-state index is 4.42. The first-order chi connectivity index (χ1) is 6.76. The van der Waals surface area contributed by atoms with Crippen molar-refractivity contribution in [3.05, 3.63) is 16.1 Å². The Hall–Kier alpha value is -0.410. The van der Waals surface area contributed by atoms with Crippen LogP contribution >= 0.6 is 11.3 Å². The number of rotatable bonds is 6. The number of thiazole rings is 1. The lowest BCUT2D eigenvalue weighted by Gasteiger charge is -2.11. The van der Waals surface area contributed by atoms with Gasteiger partial charge in [0.25, 0.3) is 0 Å². The minimum atomic E-state index is 0.816. The molecule has 0 saturated carbocycles. The number of nitrogens with zero attached hydrogens (tertiary/aromatic N) is 1. The van der Waals surface area contributed by atoms with Crippen LogP contribution in [0.2, 0.25) is 0 Å². The van der Waals surface area contributed by atoms with E-state index in [-0.39, 0.29) is 0 Å². The Morgan fingerprint density at radius 1 is 1.43 bits per heavy atom. The zero-order valence-electron chi connectivity index (χ0n) is 9.34. The van der Waals surface area contributed by atoms with Gasteiger partial charge in [0.05, 0.1) is 0 Å². The van der Waals surface area contributed by atoms with Crippen LogP contribution in [0.1, 0.15) is 37.4 Å². The average molecular weight is 212 g/mol. The summed E-state index contributed by atoms with van der Waals surface area (Å²) in [5, 5.41) is 6.77. The summed E-state index contributed by atoms with van der Waals surface area (Å²) in [4.78, 5) is 4.42. The number of hydrogen-bond donors (Lipinski definition) is 1. The SMILES string of the molecule is CCC(CC)CNCc1nc(C)cs1. The number of nitrogens with one attached hydrogen (secondary N) is 1. The summed E-state index contributed by atoms with van der Waals surface area (Å²) in [6, 6.07) is 0. The van der Waals surface area contributed by atoms with Gasteiger partial charge in [-0.15, -0.1) is 11.3 Å². The van der Waals surface area contributed by atoms with Gasteiger partial charge >= 0.3 is 0 Å². The molecule has 3 heteroatoms. The largest absolute Gasteiger partial charge is 0.310 e. The second kappa shape index (κ2) is 6.14.